The van der Waals surface area contributed by atoms with Gasteiger partial charge >= 0.3 is 5.69 Å². The van der Waals surface area contributed by atoms with E-state index in [9.17, 15) is 10.1 Å². The lowest BCUT2D eigenvalue weighted by molar-refractivity contribution is -0.385. The van der Waals surface area contributed by atoms with E-state index < -0.39 is 4.92 Å². The molecule has 0 aliphatic carbocycles. The highest BCUT2D eigenvalue weighted by atomic mass is 16.6. The highest BCUT2D eigenvalue weighted by Gasteiger charge is 2.23. The fourth-order valence-electron chi connectivity index (χ4n) is 3.00. The zero-order valence-corrected chi connectivity index (χ0v) is 12.5. The number of rotatable bonds is 6. The molecular weight excluding hydrogens is 270 g/mol. The molecular formula is C15H23N3O3. The summed E-state index contributed by atoms with van der Waals surface area (Å²) < 4.78 is 5.04. The Balaban J connectivity index is 2.14. The van der Waals surface area contributed by atoms with Crippen molar-refractivity contribution in [3.8, 4) is 5.75 Å². The number of hydrogen-bond acceptors (Lipinski definition) is 5. The van der Waals surface area contributed by atoms with Crippen LogP contribution in [0.2, 0.25) is 0 Å². The van der Waals surface area contributed by atoms with Crippen molar-refractivity contribution in [1.29, 1.82) is 0 Å². The summed E-state index contributed by atoms with van der Waals surface area (Å²) >= 11 is 0. The van der Waals surface area contributed by atoms with Gasteiger partial charge in [-0.3, -0.25) is 15.0 Å². The molecule has 6 heteroatoms. The number of ether oxygens (including phenoxy) is 1. The van der Waals surface area contributed by atoms with Gasteiger partial charge in [-0.15, -0.1) is 0 Å². The second-order valence-electron chi connectivity index (χ2n) is 5.46. The minimum absolute atomic E-state index is 0.0300. The number of benzene rings is 1. The fourth-order valence-corrected chi connectivity index (χ4v) is 3.00. The van der Waals surface area contributed by atoms with Gasteiger partial charge in [0, 0.05) is 18.7 Å². The smallest absolute Gasteiger partial charge is 0.311 e. The number of piperidine rings is 1. The molecule has 1 aromatic carbocycles. The van der Waals surface area contributed by atoms with E-state index in [0.29, 0.717) is 18.3 Å². The normalized spacial score (nSPS) is 19.4. The van der Waals surface area contributed by atoms with Gasteiger partial charge in [0.1, 0.15) is 0 Å². The molecule has 0 radical (unpaired) electrons. The highest BCUT2D eigenvalue weighted by Crippen LogP contribution is 2.29. The first-order valence-corrected chi connectivity index (χ1v) is 7.41. The molecule has 1 heterocycles. The van der Waals surface area contributed by atoms with E-state index in [0.717, 1.165) is 31.5 Å². The number of likely N-dealkylation sites (tertiary alicyclic amines) is 1. The maximum absolute atomic E-state index is 11.1. The Morgan fingerprint density at radius 3 is 2.95 bits per heavy atom. The van der Waals surface area contributed by atoms with Crippen molar-refractivity contribution in [3.63, 3.8) is 0 Å². The van der Waals surface area contributed by atoms with Crippen molar-refractivity contribution in [3.05, 3.63) is 33.9 Å². The monoisotopic (exact) mass is 293 g/mol. The zero-order valence-electron chi connectivity index (χ0n) is 12.5. The predicted octanol–water partition coefficient (Wildman–Crippen LogP) is 2.31. The van der Waals surface area contributed by atoms with Gasteiger partial charge in [0.25, 0.3) is 0 Å². The summed E-state index contributed by atoms with van der Waals surface area (Å²) in [6.07, 6.45) is 4.57. The van der Waals surface area contributed by atoms with Gasteiger partial charge < -0.3 is 10.5 Å². The number of methoxy groups -OCH3 is 1. The summed E-state index contributed by atoms with van der Waals surface area (Å²) in [7, 11) is 1.45. The zero-order chi connectivity index (χ0) is 15.2. The van der Waals surface area contributed by atoms with Crippen LogP contribution in [0.3, 0.4) is 0 Å². The van der Waals surface area contributed by atoms with E-state index in [2.05, 4.69) is 4.90 Å². The molecule has 0 bridgehead atoms. The minimum Gasteiger partial charge on any atom is -0.490 e. The topological polar surface area (TPSA) is 81.6 Å². The van der Waals surface area contributed by atoms with Crippen molar-refractivity contribution in [2.45, 2.75) is 38.3 Å². The predicted molar refractivity (Wildman–Crippen MR) is 81.4 cm³/mol. The maximum Gasteiger partial charge on any atom is 0.311 e. The quantitative estimate of drug-likeness (QED) is 0.643. The molecule has 1 unspecified atom stereocenters. The number of nitrogens with zero attached hydrogens (tertiary/aromatic N) is 2. The van der Waals surface area contributed by atoms with Gasteiger partial charge in [0.05, 0.1) is 12.0 Å². The van der Waals surface area contributed by atoms with Crippen LogP contribution in [-0.4, -0.2) is 36.1 Å². The van der Waals surface area contributed by atoms with Gasteiger partial charge in [0.2, 0.25) is 0 Å². The van der Waals surface area contributed by atoms with E-state index in [4.69, 9.17) is 10.5 Å². The molecule has 2 N–H and O–H groups in total. The lowest BCUT2D eigenvalue weighted by Crippen LogP contribution is -2.40. The Bertz CT molecular complexity index is 491. The van der Waals surface area contributed by atoms with Crippen LogP contribution in [0.5, 0.6) is 5.75 Å². The SMILES string of the molecule is COc1ccc(CN2CCCCC2CCN)cc1[N+](=O)[O-]. The van der Waals surface area contributed by atoms with E-state index in [1.54, 1.807) is 12.1 Å². The van der Waals surface area contributed by atoms with E-state index in [1.165, 1.54) is 20.0 Å². The van der Waals surface area contributed by atoms with Crippen LogP contribution in [0.4, 0.5) is 5.69 Å². The summed E-state index contributed by atoms with van der Waals surface area (Å²) in [6, 6.07) is 5.69. The number of nitro benzene ring substituents is 1. The van der Waals surface area contributed by atoms with Crippen molar-refractivity contribution in [2.24, 2.45) is 5.73 Å². The molecule has 1 saturated heterocycles. The van der Waals surface area contributed by atoms with E-state index in [-0.39, 0.29) is 5.69 Å². The third kappa shape index (κ3) is 3.92. The van der Waals surface area contributed by atoms with E-state index in [1.807, 2.05) is 6.07 Å². The molecule has 0 amide bonds. The van der Waals surface area contributed by atoms with Gasteiger partial charge in [-0.1, -0.05) is 12.5 Å². The summed E-state index contributed by atoms with van der Waals surface area (Å²) in [6.45, 7) is 2.45. The second-order valence-corrected chi connectivity index (χ2v) is 5.46. The first kappa shape index (κ1) is 15.7. The Hall–Kier alpha value is -1.66. The van der Waals surface area contributed by atoms with Crippen molar-refractivity contribution >= 4 is 5.69 Å². The molecule has 2 rings (SSSR count). The highest BCUT2D eigenvalue weighted by molar-refractivity contribution is 5.48. The molecule has 0 saturated carbocycles. The summed E-state index contributed by atoms with van der Waals surface area (Å²) in [5, 5.41) is 11.1. The minimum atomic E-state index is -0.393. The number of nitrogens with two attached hydrogens (primary N) is 1. The molecule has 1 aliphatic heterocycles. The van der Waals surface area contributed by atoms with Crippen LogP contribution in [-0.2, 0) is 6.54 Å². The third-order valence-electron chi connectivity index (χ3n) is 4.07. The third-order valence-corrected chi connectivity index (χ3v) is 4.07. The van der Waals surface area contributed by atoms with Crippen LogP contribution >= 0.6 is 0 Å². The lowest BCUT2D eigenvalue weighted by atomic mass is 9.98. The Labute approximate surface area is 125 Å². The van der Waals surface area contributed by atoms with Gasteiger partial charge in [-0.2, -0.15) is 0 Å². The molecule has 0 spiro atoms. The molecule has 21 heavy (non-hydrogen) atoms. The van der Waals surface area contributed by atoms with Crippen molar-refractivity contribution < 1.29 is 9.66 Å². The Morgan fingerprint density at radius 1 is 1.48 bits per heavy atom. The van der Waals surface area contributed by atoms with Crippen LogP contribution in [0.1, 0.15) is 31.2 Å². The lowest BCUT2D eigenvalue weighted by Gasteiger charge is -2.35. The van der Waals surface area contributed by atoms with Crippen LogP contribution < -0.4 is 10.5 Å². The number of nitro groups is 1. The van der Waals surface area contributed by atoms with E-state index >= 15 is 0 Å². The molecule has 1 aliphatic rings. The summed E-state index contributed by atoms with van der Waals surface area (Å²) in [4.78, 5) is 13.1. The molecule has 116 valence electrons. The average Bonchev–Trinajstić information content (AvgIpc) is 2.49. The molecule has 1 fully saturated rings. The molecule has 1 aromatic rings. The standard InChI is InChI=1S/C15H23N3O3/c1-21-15-6-5-12(10-14(15)18(19)20)11-17-9-3-2-4-13(17)7-8-16/h5-6,10,13H,2-4,7-9,11,16H2,1H3. The van der Waals surface area contributed by atoms with Crippen LogP contribution in [0.15, 0.2) is 18.2 Å². The maximum atomic E-state index is 11.1. The van der Waals surface area contributed by atoms with Gasteiger partial charge in [0.15, 0.2) is 5.75 Å². The van der Waals surface area contributed by atoms with Crippen LogP contribution in [0, 0.1) is 10.1 Å². The molecule has 0 aromatic heterocycles. The van der Waals surface area contributed by atoms with Crippen molar-refractivity contribution in [2.75, 3.05) is 20.2 Å². The number of hydrogen-bond donors (Lipinski definition) is 1. The summed E-state index contributed by atoms with van der Waals surface area (Å²) in [5.74, 6) is 0.306. The van der Waals surface area contributed by atoms with Gasteiger partial charge in [-0.05, 0) is 44.0 Å². The fraction of sp³-hybridized carbons (Fsp3) is 0.600. The van der Waals surface area contributed by atoms with Gasteiger partial charge in [-0.25, -0.2) is 0 Å². The summed E-state index contributed by atoms with van der Waals surface area (Å²) in [5.41, 5.74) is 6.66. The van der Waals surface area contributed by atoms with Crippen LogP contribution in [0.25, 0.3) is 0 Å². The first-order valence-electron chi connectivity index (χ1n) is 7.41. The average molecular weight is 293 g/mol. The molecule has 6 nitrogen and oxygen atoms in total. The second kappa shape index (κ2) is 7.38. The molecule has 1 atom stereocenters. The first-order chi connectivity index (χ1) is 10.2. The Morgan fingerprint density at radius 2 is 2.29 bits per heavy atom. The largest absolute Gasteiger partial charge is 0.490 e. The Kier molecular flexibility index (Phi) is 5.52. The van der Waals surface area contributed by atoms with Crippen molar-refractivity contribution in [1.82, 2.24) is 4.90 Å².